The summed E-state index contributed by atoms with van der Waals surface area (Å²) in [5, 5.41) is 0. The Morgan fingerprint density at radius 3 is 2.39 bits per heavy atom. The van der Waals surface area contributed by atoms with Gasteiger partial charge in [0, 0.05) is 23.4 Å². The van der Waals surface area contributed by atoms with Gasteiger partial charge in [-0.15, -0.1) is 0 Å². The minimum atomic E-state index is -4.55. The Balaban J connectivity index is 1.38. The number of hydrogen-bond acceptors (Lipinski definition) is 6. The Bertz CT molecular complexity index is 1590. The van der Waals surface area contributed by atoms with Crippen LogP contribution in [0.2, 0.25) is 0 Å². The van der Waals surface area contributed by atoms with Crippen LogP contribution in [-0.4, -0.2) is 53.4 Å². The zero-order chi connectivity index (χ0) is 31.5. The summed E-state index contributed by atoms with van der Waals surface area (Å²) in [4.78, 5) is 25.5. The first-order valence-corrected chi connectivity index (χ1v) is 14.7. The van der Waals surface area contributed by atoms with Crippen LogP contribution in [0.1, 0.15) is 79.5 Å². The third-order valence-electron chi connectivity index (χ3n) is 8.60. The largest absolute Gasteiger partial charge is 0.496 e. The molecule has 3 heterocycles. The van der Waals surface area contributed by atoms with E-state index in [1.165, 1.54) is 24.1 Å². The number of methoxy groups -OCH3 is 1. The third kappa shape index (κ3) is 5.66. The van der Waals surface area contributed by atoms with Crippen molar-refractivity contribution in [1.82, 2.24) is 14.9 Å². The highest BCUT2D eigenvalue weighted by atomic mass is 19.4. The van der Waals surface area contributed by atoms with Crippen molar-refractivity contribution in [3.8, 4) is 16.9 Å². The number of benzene rings is 2. The van der Waals surface area contributed by atoms with E-state index in [2.05, 4.69) is 4.98 Å². The Morgan fingerprint density at radius 1 is 1.07 bits per heavy atom. The Labute approximate surface area is 252 Å². The topological polar surface area (TPSA) is 67.8 Å². The molecular formula is C32H33F5N4O3. The van der Waals surface area contributed by atoms with E-state index in [0.717, 1.165) is 18.9 Å². The van der Waals surface area contributed by atoms with E-state index in [4.69, 9.17) is 14.5 Å². The highest BCUT2D eigenvalue weighted by Gasteiger charge is 2.43. The molecule has 0 bridgehead atoms. The molecule has 234 valence electrons. The number of carbonyl (C=O) groups excluding carboxylic acids is 1. The molecule has 2 saturated heterocycles. The first-order chi connectivity index (χ1) is 20.8. The molecule has 0 radical (unpaired) electrons. The monoisotopic (exact) mass is 616 g/mol. The van der Waals surface area contributed by atoms with Crippen molar-refractivity contribution >= 4 is 12.0 Å². The van der Waals surface area contributed by atoms with Gasteiger partial charge < -0.3 is 14.4 Å². The van der Waals surface area contributed by atoms with Crippen molar-refractivity contribution in [3.05, 3.63) is 70.3 Å². The average molecular weight is 617 g/mol. The second-order valence-electron chi connectivity index (χ2n) is 12.1. The standard InChI is InChI=1S/C32H33F5N4O3/c1-16(2)23-10-24(28(43-4)11-26(23)34)25-12-38-30(40-13-22(33)14-40)39-27(25)15-41-17(3)29(44-31(41)42)20-7-19(18-5-6-18)8-21(9-20)32(35,36)37/h7-12,16-18,22,29H,5-6,13-15H2,1-4H3. The first-order valence-electron chi connectivity index (χ1n) is 14.7. The molecule has 44 heavy (non-hydrogen) atoms. The average Bonchev–Trinajstić information content (AvgIpc) is 3.77. The van der Waals surface area contributed by atoms with Crippen molar-refractivity contribution in [2.24, 2.45) is 0 Å². The number of aromatic nitrogens is 2. The highest BCUT2D eigenvalue weighted by molar-refractivity contribution is 5.75. The second kappa shape index (κ2) is 11.2. The summed E-state index contributed by atoms with van der Waals surface area (Å²) in [7, 11) is 1.42. The van der Waals surface area contributed by atoms with Crippen LogP contribution < -0.4 is 9.64 Å². The maximum Gasteiger partial charge on any atom is 0.416 e. The molecule has 1 saturated carbocycles. The van der Waals surface area contributed by atoms with Crippen LogP contribution >= 0.6 is 0 Å². The van der Waals surface area contributed by atoms with Crippen LogP contribution in [0.3, 0.4) is 0 Å². The van der Waals surface area contributed by atoms with Crippen LogP contribution in [-0.2, 0) is 17.5 Å². The van der Waals surface area contributed by atoms with Crippen molar-refractivity contribution in [2.75, 3.05) is 25.1 Å². The number of nitrogens with zero attached hydrogens (tertiary/aromatic N) is 4. The predicted octanol–water partition coefficient (Wildman–Crippen LogP) is 7.55. The lowest BCUT2D eigenvalue weighted by Gasteiger charge is -2.34. The molecule has 6 rings (SSSR count). The number of halogens is 5. The van der Waals surface area contributed by atoms with Gasteiger partial charge in [-0.3, -0.25) is 4.90 Å². The van der Waals surface area contributed by atoms with Crippen LogP contribution in [0.25, 0.3) is 11.1 Å². The smallest absolute Gasteiger partial charge is 0.416 e. The van der Waals surface area contributed by atoms with Gasteiger partial charge in [0.15, 0.2) is 0 Å². The Morgan fingerprint density at radius 2 is 1.77 bits per heavy atom. The van der Waals surface area contributed by atoms with E-state index in [0.29, 0.717) is 27.9 Å². The van der Waals surface area contributed by atoms with Crippen LogP contribution in [0.4, 0.5) is 32.7 Å². The number of carbonyl (C=O) groups is 1. The van der Waals surface area contributed by atoms with Crippen LogP contribution in [0.5, 0.6) is 5.75 Å². The number of cyclic esters (lactones) is 1. The quantitative estimate of drug-likeness (QED) is 0.244. The maximum atomic E-state index is 14.9. The van der Waals surface area contributed by atoms with Crippen molar-refractivity contribution in [2.45, 2.75) is 76.5 Å². The Kier molecular flexibility index (Phi) is 7.65. The minimum Gasteiger partial charge on any atom is -0.496 e. The van der Waals surface area contributed by atoms with E-state index < -0.39 is 42.0 Å². The molecule has 1 aliphatic carbocycles. The summed E-state index contributed by atoms with van der Waals surface area (Å²) in [5.74, 6) is -0.00240. The normalized spacial score (nSPS) is 20.7. The third-order valence-corrected chi connectivity index (χ3v) is 8.60. The minimum absolute atomic E-state index is 0.0633. The first kappa shape index (κ1) is 30.1. The van der Waals surface area contributed by atoms with Crippen molar-refractivity contribution in [3.63, 3.8) is 0 Å². The van der Waals surface area contributed by atoms with Crippen LogP contribution in [0.15, 0.2) is 36.5 Å². The number of ether oxygens (including phenoxy) is 2. The van der Waals surface area contributed by atoms with Gasteiger partial charge in [-0.25, -0.2) is 23.5 Å². The van der Waals surface area contributed by atoms with Gasteiger partial charge in [-0.05, 0) is 66.5 Å². The van der Waals surface area contributed by atoms with E-state index in [9.17, 15) is 26.7 Å². The van der Waals surface area contributed by atoms with Crippen molar-refractivity contribution < 1.29 is 36.2 Å². The molecule has 12 heteroatoms. The summed E-state index contributed by atoms with van der Waals surface area (Å²) >= 11 is 0. The lowest BCUT2D eigenvalue weighted by Crippen LogP contribution is -2.49. The summed E-state index contributed by atoms with van der Waals surface area (Å²) < 4.78 is 81.1. The van der Waals surface area contributed by atoms with Gasteiger partial charge in [0.1, 0.15) is 23.8 Å². The molecule has 3 aliphatic rings. The lowest BCUT2D eigenvalue weighted by molar-refractivity contribution is -0.137. The molecule has 3 fully saturated rings. The van der Waals surface area contributed by atoms with E-state index in [1.807, 2.05) is 13.8 Å². The molecule has 1 amide bonds. The number of amides is 1. The predicted molar refractivity (Wildman–Crippen MR) is 153 cm³/mol. The molecule has 3 aromatic rings. The van der Waals surface area contributed by atoms with Gasteiger partial charge in [0.2, 0.25) is 5.95 Å². The zero-order valence-electron chi connectivity index (χ0n) is 24.8. The highest BCUT2D eigenvalue weighted by Crippen LogP contribution is 2.45. The molecule has 1 aromatic heterocycles. The molecule has 0 N–H and O–H groups in total. The summed E-state index contributed by atoms with van der Waals surface area (Å²) in [5.41, 5.74) is 1.91. The number of anilines is 1. The number of hydrogen-bond donors (Lipinski definition) is 0. The SMILES string of the molecule is COc1cc(F)c(C(C)C)cc1-c1cnc(N2CC(F)C2)nc1CN1C(=O)OC(c2cc(C3CC3)cc(C(F)(F)F)c2)C1C. The fourth-order valence-electron chi connectivity index (χ4n) is 5.86. The number of alkyl halides is 4. The fourth-order valence-corrected chi connectivity index (χ4v) is 5.86. The van der Waals surface area contributed by atoms with Gasteiger partial charge in [-0.1, -0.05) is 19.9 Å². The van der Waals surface area contributed by atoms with E-state index >= 15 is 0 Å². The maximum absolute atomic E-state index is 14.9. The van der Waals surface area contributed by atoms with E-state index in [1.54, 1.807) is 30.2 Å². The summed E-state index contributed by atoms with van der Waals surface area (Å²) in [6.07, 6.45) is -4.02. The molecule has 2 atom stereocenters. The number of rotatable bonds is 8. The summed E-state index contributed by atoms with van der Waals surface area (Å²) in [6.45, 7) is 5.60. The van der Waals surface area contributed by atoms with Gasteiger partial charge in [0.05, 0.1) is 44.0 Å². The van der Waals surface area contributed by atoms with E-state index in [-0.39, 0.29) is 48.7 Å². The Hall–Kier alpha value is -3.96. The fraction of sp³-hybridized carbons (Fsp3) is 0.469. The lowest BCUT2D eigenvalue weighted by atomic mass is 9.95. The summed E-state index contributed by atoms with van der Waals surface area (Å²) in [6, 6.07) is 6.23. The van der Waals surface area contributed by atoms with Crippen molar-refractivity contribution in [1.29, 1.82) is 0 Å². The molecule has 2 aliphatic heterocycles. The van der Waals surface area contributed by atoms with Crippen LogP contribution in [0, 0.1) is 5.82 Å². The zero-order valence-corrected chi connectivity index (χ0v) is 24.8. The van der Waals surface area contributed by atoms with Gasteiger partial charge in [-0.2, -0.15) is 13.2 Å². The molecular weight excluding hydrogens is 583 g/mol. The molecule has 7 nitrogen and oxygen atoms in total. The van der Waals surface area contributed by atoms with Gasteiger partial charge in [0.25, 0.3) is 0 Å². The molecule has 2 unspecified atom stereocenters. The molecule has 2 aromatic carbocycles. The second-order valence-corrected chi connectivity index (χ2v) is 12.1. The molecule has 0 spiro atoms. The van der Waals surface area contributed by atoms with Gasteiger partial charge >= 0.3 is 12.3 Å².